The molecule has 0 heterocycles. The first-order valence-electron chi connectivity index (χ1n) is 5.98. The molecule has 0 atom stereocenters. The first-order valence-corrected chi connectivity index (χ1v) is 8.21. The normalized spacial score (nSPS) is 12.4. The van der Waals surface area contributed by atoms with Crippen LogP contribution in [0.1, 0.15) is 26.7 Å². The van der Waals surface area contributed by atoms with E-state index >= 15 is 0 Å². The highest BCUT2D eigenvalue weighted by Gasteiger charge is 2.28. The van der Waals surface area contributed by atoms with Crippen LogP contribution < -0.4 is 5.73 Å². The van der Waals surface area contributed by atoms with Crippen LogP contribution in [0.25, 0.3) is 0 Å². The van der Waals surface area contributed by atoms with E-state index in [0.717, 1.165) is 12.1 Å². The van der Waals surface area contributed by atoms with Gasteiger partial charge in [0, 0.05) is 17.6 Å². The number of anilines is 1. The van der Waals surface area contributed by atoms with Gasteiger partial charge >= 0.3 is 0 Å². The molecule has 0 amide bonds. The van der Waals surface area contributed by atoms with E-state index in [0.29, 0.717) is 12.8 Å². The van der Waals surface area contributed by atoms with Crippen molar-refractivity contribution in [2.75, 3.05) is 12.8 Å². The third-order valence-electron chi connectivity index (χ3n) is 3.16. The Labute approximate surface area is 122 Å². The molecule has 0 aliphatic carbocycles. The third kappa shape index (κ3) is 3.27. The zero-order chi connectivity index (χ0) is 14.8. The summed E-state index contributed by atoms with van der Waals surface area (Å²) in [5.74, 6) is -0.643. The average Bonchev–Trinajstić information content (AvgIpc) is 2.34. The second kappa shape index (κ2) is 6.19. The zero-order valence-corrected chi connectivity index (χ0v) is 13.6. The highest BCUT2D eigenvalue weighted by Crippen LogP contribution is 2.30. The molecule has 1 aromatic rings. The minimum Gasteiger partial charge on any atom is -0.396 e. The van der Waals surface area contributed by atoms with Crippen molar-refractivity contribution in [1.82, 2.24) is 4.31 Å². The van der Waals surface area contributed by atoms with Crippen molar-refractivity contribution in [2.45, 2.75) is 37.6 Å². The van der Waals surface area contributed by atoms with E-state index < -0.39 is 15.8 Å². The molecule has 0 saturated carbocycles. The molecule has 19 heavy (non-hydrogen) atoms. The molecule has 0 aliphatic heterocycles. The summed E-state index contributed by atoms with van der Waals surface area (Å²) in [4.78, 5) is -0.0131. The number of sulfonamides is 1. The van der Waals surface area contributed by atoms with Crippen LogP contribution in [0.5, 0.6) is 0 Å². The number of benzene rings is 1. The maximum atomic E-state index is 13.3. The average molecular weight is 353 g/mol. The summed E-state index contributed by atoms with van der Waals surface area (Å²) < 4.78 is 39.8. The van der Waals surface area contributed by atoms with Crippen molar-refractivity contribution in [3.8, 4) is 0 Å². The summed E-state index contributed by atoms with van der Waals surface area (Å²) in [6.45, 7) is 3.85. The van der Waals surface area contributed by atoms with Gasteiger partial charge in [0.2, 0.25) is 10.0 Å². The van der Waals surface area contributed by atoms with Crippen LogP contribution in [0, 0.1) is 5.82 Å². The summed E-state index contributed by atoms with van der Waals surface area (Å²) in [5.41, 5.74) is 5.27. The van der Waals surface area contributed by atoms with Gasteiger partial charge in [-0.1, -0.05) is 13.8 Å². The lowest BCUT2D eigenvalue weighted by atomic mass is 10.2. The number of hydrogen-bond donors (Lipinski definition) is 1. The highest BCUT2D eigenvalue weighted by molar-refractivity contribution is 9.10. The van der Waals surface area contributed by atoms with Gasteiger partial charge in [0.25, 0.3) is 0 Å². The molecule has 0 aromatic heterocycles. The molecule has 0 spiro atoms. The molecule has 0 bridgehead atoms. The number of nitrogens with zero attached hydrogens (tertiary/aromatic N) is 1. The lowest BCUT2D eigenvalue weighted by Crippen LogP contribution is -2.36. The van der Waals surface area contributed by atoms with Gasteiger partial charge in [-0.2, -0.15) is 4.31 Å². The van der Waals surface area contributed by atoms with E-state index in [4.69, 9.17) is 5.73 Å². The summed E-state index contributed by atoms with van der Waals surface area (Å²) in [7, 11) is -2.17. The summed E-state index contributed by atoms with van der Waals surface area (Å²) in [5, 5.41) is 0. The monoisotopic (exact) mass is 352 g/mol. The fraction of sp³-hybridized carbons (Fsp3) is 0.500. The number of rotatable bonds is 5. The van der Waals surface area contributed by atoms with E-state index in [9.17, 15) is 12.8 Å². The van der Waals surface area contributed by atoms with Crippen molar-refractivity contribution in [2.24, 2.45) is 0 Å². The SMILES string of the molecule is CCC(CC)N(C)S(=O)(=O)c1cc(N)c(F)cc1Br. The number of nitrogens with two attached hydrogens (primary N) is 1. The number of halogens is 2. The van der Waals surface area contributed by atoms with Gasteiger partial charge in [-0.15, -0.1) is 0 Å². The molecule has 108 valence electrons. The molecule has 1 rings (SSSR count). The molecule has 7 heteroatoms. The fourth-order valence-electron chi connectivity index (χ4n) is 1.90. The van der Waals surface area contributed by atoms with Crippen LogP contribution in [0.3, 0.4) is 0 Å². The van der Waals surface area contributed by atoms with Gasteiger partial charge in [0.15, 0.2) is 0 Å². The molecule has 0 fully saturated rings. The number of nitrogen functional groups attached to an aromatic ring is 1. The zero-order valence-electron chi connectivity index (χ0n) is 11.2. The molecule has 0 radical (unpaired) electrons. The smallest absolute Gasteiger partial charge is 0.244 e. The van der Waals surface area contributed by atoms with Crippen LogP contribution in [0.4, 0.5) is 10.1 Å². The molecular weight excluding hydrogens is 335 g/mol. The molecule has 0 aliphatic rings. The van der Waals surface area contributed by atoms with Crippen LogP contribution in [0.2, 0.25) is 0 Å². The van der Waals surface area contributed by atoms with Crippen molar-refractivity contribution in [3.63, 3.8) is 0 Å². The Morgan fingerprint density at radius 3 is 2.37 bits per heavy atom. The predicted molar refractivity (Wildman–Crippen MR) is 77.8 cm³/mol. The van der Waals surface area contributed by atoms with Crippen LogP contribution in [-0.2, 0) is 10.0 Å². The first-order chi connectivity index (χ1) is 8.75. The first kappa shape index (κ1) is 16.4. The summed E-state index contributed by atoms with van der Waals surface area (Å²) in [6.07, 6.45) is 1.42. The van der Waals surface area contributed by atoms with Crippen LogP contribution in [-0.4, -0.2) is 25.8 Å². The second-order valence-corrected chi connectivity index (χ2v) is 7.12. The predicted octanol–water partition coefficient (Wildman–Crippen LogP) is 2.98. The third-order valence-corrected chi connectivity index (χ3v) is 6.03. The molecular formula is C12H18BrFN2O2S. The Bertz CT molecular complexity index is 559. The van der Waals surface area contributed by atoms with Crippen LogP contribution in [0.15, 0.2) is 21.5 Å². The Hall–Kier alpha value is -0.660. The highest BCUT2D eigenvalue weighted by atomic mass is 79.9. The Kier molecular flexibility index (Phi) is 5.34. The van der Waals surface area contributed by atoms with Crippen LogP contribution >= 0.6 is 15.9 Å². The number of hydrogen-bond acceptors (Lipinski definition) is 3. The van der Waals surface area contributed by atoms with Gasteiger partial charge < -0.3 is 5.73 Å². The summed E-state index contributed by atoms with van der Waals surface area (Å²) in [6, 6.07) is 2.12. The lowest BCUT2D eigenvalue weighted by Gasteiger charge is -2.26. The van der Waals surface area contributed by atoms with E-state index in [1.165, 1.54) is 11.4 Å². The van der Waals surface area contributed by atoms with Crippen molar-refractivity contribution in [1.29, 1.82) is 0 Å². The van der Waals surface area contributed by atoms with Gasteiger partial charge in [-0.3, -0.25) is 0 Å². The van der Waals surface area contributed by atoms with Crippen molar-refractivity contribution < 1.29 is 12.8 Å². The maximum absolute atomic E-state index is 13.3. The minimum atomic E-state index is -3.69. The van der Waals surface area contributed by atoms with E-state index in [1.807, 2.05) is 13.8 Å². The second-order valence-electron chi connectivity index (χ2n) is 4.30. The van der Waals surface area contributed by atoms with Gasteiger partial charge in [-0.05, 0) is 40.9 Å². The molecule has 2 N–H and O–H groups in total. The molecule has 0 saturated heterocycles. The maximum Gasteiger partial charge on any atom is 0.244 e. The molecule has 0 unspecified atom stereocenters. The quantitative estimate of drug-likeness (QED) is 0.828. The van der Waals surface area contributed by atoms with E-state index in [2.05, 4.69) is 15.9 Å². The van der Waals surface area contributed by atoms with Gasteiger partial charge in [0.05, 0.1) is 10.6 Å². The molecule has 4 nitrogen and oxygen atoms in total. The Balaban J connectivity index is 3.31. The Morgan fingerprint density at radius 1 is 1.37 bits per heavy atom. The topological polar surface area (TPSA) is 63.4 Å². The summed E-state index contributed by atoms with van der Waals surface area (Å²) >= 11 is 3.08. The van der Waals surface area contributed by atoms with Crippen molar-refractivity contribution in [3.05, 3.63) is 22.4 Å². The molecule has 1 aromatic carbocycles. The standard InChI is InChI=1S/C12H18BrFN2O2S/c1-4-8(5-2)16(3)19(17,18)12-7-11(15)10(14)6-9(12)13/h6-8H,4-5,15H2,1-3H3. The lowest BCUT2D eigenvalue weighted by molar-refractivity contribution is 0.349. The van der Waals surface area contributed by atoms with Gasteiger partial charge in [0.1, 0.15) is 5.82 Å². The van der Waals surface area contributed by atoms with E-state index in [1.54, 1.807) is 0 Å². The Morgan fingerprint density at radius 2 is 1.89 bits per heavy atom. The van der Waals surface area contributed by atoms with E-state index in [-0.39, 0.29) is 21.1 Å². The van der Waals surface area contributed by atoms with Gasteiger partial charge in [-0.25, -0.2) is 12.8 Å². The van der Waals surface area contributed by atoms with Crippen molar-refractivity contribution >= 4 is 31.6 Å². The largest absolute Gasteiger partial charge is 0.396 e. The minimum absolute atomic E-state index is 0.0131. The fourth-order valence-corrected chi connectivity index (χ4v) is 4.41.